The number of hydrogen-bond acceptors (Lipinski definition) is 2. The molecule has 13 heavy (non-hydrogen) atoms. The number of hydrogen-bond donors (Lipinski definition) is 1. The van der Waals surface area contributed by atoms with Crippen LogP contribution in [0.1, 0.15) is 12.6 Å². The first kappa shape index (κ1) is 9.98. The molecule has 0 spiro atoms. The molecule has 5 heteroatoms. The van der Waals surface area contributed by atoms with Gasteiger partial charge >= 0.3 is 6.18 Å². The molecule has 0 unspecified atom stereocenters. The predicted molar refractivity (Wildman–Crippen MR) is 39.9 cm³/mol. The quantitative estimate of drug-likeness (QED) is 0.734. The van der Waals surface area contributed by atoms with Crippen molar-refractivity contribution in [1.29, 1.82) is 0 Å². The zero-order valence-electron chi connectivity index (χ0n) is 6.84. The van der Waals surface area contributed by atoms with Gasteiger partial charge in [-0.25, -0.2) is 0 Å². The third kappa shape index (κ3) is 1.80. The molecule has 72 valence electrons. The van der Waals surface area contributed by atoms with Crippen LogP contribution >= 0.6 is 0 Å². The van der Waals surface area contributed by atoms with Crippen LogP contribution in [0, 0.1) is 0 Å². The number of pyridine rings is 1. The fraction of sp³-hybridized carbons (Fsp3) is 0.375. The number of aliphatic hydroxyl groups is 1. The highest BCUT2D eigenvalue weighted by Crippen LogP contribution is 2.36. The Bertz CT molecular complexity index is 281. The Morgan fingerprint density at radius 3 is 2.31 bits per heavy atom. The molecule has 0 aliphatic rings. The molecule has 1 rings (SSSR count). The van der Waals surface area contributed by atoms with Crippen molar-refractivity contribution in [1.82, 2.24) is 4.98 Å². The molecule has 0 amide bonds. The van der Waals surface area contributed by atoms with E-state index in [2.05, 4.69) is 4.98 Å². The Morgan fingerprint density at radius 2 is 1.92 bits per heavy atom. The molecule has 0 aliphatic carbocycles. The van der Waals surface area contributed by atoms with Gasteiger partial charge in [-0.2, -0.15) is 13.2 Å². The summed E-state index contributed by atoms with van der Waals surface area (Å²) in [5, 5.41) is 9.13. The van der Waals surface area contributed by atoms with Crippen LogP contribution in [-0.4, -0.2) is 16.3 Å². The second-order valence-corrected chi connectivity index (χ2v) is 2.78. The van der Waals surface area contributed by atoms with E-state index in [9.17, 15) is 13.2 Å². The summed E-state index contributed by atoms with van der Waals surface area (Å²) in [5.74, 6) is 0. The minimum atomic E-state index is -4.71. The molecule has 2 nitrogen and oxygen atoms in total. The number of rotatable bonds is 1. The zero-order chi connectivity index (χ0) is 10.1. The van der Waals surface area contributed by atoms with Gasteiger partial charge in [-0.15, -0.1) is 0 Å². The van der Waals surface area contributed by atoms with Crippen LogP contribution in [0.5, 0.6) is 0 Å². The van der Waals surface area contributed by atoms with Crippen molar-refractivity contribution in [2.45, 2.75) is 18.7 Å². The Balaban J connectivity index is 3.08. The van der Waals surface area contributed by atoms with Gasteiger partial charge in [0.1, 0.15) is 0 Å². The highest BCUT2D eigenvalue weighted by Gasteiger charge is 2.52. The van der Waals surface area contributed by atoms with Crippen LogP contribution in [0.2, 0.25) is 0 Å². The second-order valence-electron chi connectivity index (χ2n) is 2.78. The molecule has 0 fully saturated rings. The summed E-state index contributed by atoms with van der Waals surface area (Å²) in [6.45, 7) is 0.676. The summed E-state index contributed by atoms with van der Waals surface area (Å²) in [7, 11) is 0. The van der Waals surface area contributed by atoms with Gasteiger partial charge in [0.2, 0.25) is 0 Å². The van der Waals surface area contributed by atoms with Crippen molar-refractivity contribution in [3.05, 3.63) is 30.1 Å². The molecule has 0 aliphatic heterocycles. The van der Waals surface area contributed by atoms with E-state index in [4.69, 9.17) is 5.11 Å². The van der Waals surface area contributed by atoms with E-state index < -0.39 is 17.5 Å². The van der Waals surface area contributed by atoms with Gasteiger partial charge in [0.15, 0.2) is 5.60 Å². The van der Waals surface area contributed by atoms with Crippen LogP contribution in [0.4, 0.5) is 13.2 Å². The first-order valence-corrected chi connectivity index (χ1v) is 3.56. The molecular weight excluding hydrogens is 183 g/mol. The van der Waals surface area contributed by atoms with Gasteiger partial charge in [-0.1, -0.05) is 6.07 Å². The van der Waals surface area contributed by atoms with E-state index in [1.54, 1.807) is 0 Å². The first-order chi connectivity index (χ1) is 5.86. The summed E-state index contributed by atoms with van der Waals surface area (Å²) < 4.78 is 36.7. The Kier molecular flexibility index (Phi) is 2.30. The van der Waals surface area contributed by atoms with E-state index in [1.165, 1.54) is 18.3 Å². The Morgan fingerprint density at radius 1 is 1.31 bits per heavy atom. The fourth-order valence-corrected chi connectivity index (χ4v) is 0.796. The lowest BCUT2D eigenvalue weighted by Gasteiger charge is -2.25. The van der Waals surface area contributed by atoms with Crippen molar-refractivity contribution in [3.63, 3.8) is 0 Å². The second kappa shape index (κ2) is 2.99. The summed E-state index contributed by atoms with van der Waals surface area (Å²) in [5.41, 5.74) is -3.28. The summed E-state index contributed by atoms with van der Waals surface area (Å²) in [6.07, 6.45) is -3.50. The SMILES string of the molecule is C[C@@](O)(c1ccccn1)C(F)(F)F. The normalized spacial score (nSPS) is 16.7. The molecule has 1 atom stereocenters. The topological polar surface area (TPSA) is 33.1 Å². The van der Waals surface area contributed by atoms with Crippen molar-refractivity contribution < 1.29 is 18.3 Å². The molecule has 1 aromatic heterocycles. The van der Waals surface area contributed by atoms with Gasteiger partial charge in [-0.05, 0) is 19.1 Å². The zero-order valence-corrected chi connectivity index (χ0v) is 6.84. The lowest BCUT2D eigenvalue weighted by molar-refractivity contribution is -0.260. The molecule has 0 saturated carbocycles. The van der Waals surface area contributed by atoms with E-state index in [1.807, 2.05) is 0 Å². The molecule has 0 aromatic carbocycles. The van der Waals surface area contributed by atoms with Gasteiger partial charge in [0, 0.05) is 6.20 Å². The van der Waals surface area contributed by atoms with E-state index >= 15 is 0 Å². The number of alkyl halides is 3. The maximum absolute atomic E-state index is 12.2. The number of halogens is 3. The average molecular weight is 191 g/mol. The van der Waals surface area contributed by atoms with Gasteiger partial charge in [-0.3, -0.25) is 4.98 Å². The smallest absolute Gasteiger partial charge is 0.375 e. The van der Waals surface area contributed by atoms with Crippen LogP contribution < -0.4 is 0 Å². The van der Waals surface area contributed by atoms with Gasteiger partial charge < -0.3 is 5.11 Å². The predicted octanol–water partition coefficient (Wildman–Crippen LogP) is 1.85. The standard InChI is InChI=1S/C8H8F3NO/c1-7(13,8(9,10)11)6-4-2-3-5-12-6/h2-5,13H,1H3/t7-/m1/s1. The van der Waals surface area contributed by atoms with Crippen LogP contribution in [0.25, 0.3) is 0 Å². The minimum Gasteiger partial charge on any atom is -0.375 e. The average Bonchev–Trinajstić information content (AvgIpc) is 2.04. The minimum absolute atomic E-state index is 0.400. The maximum atomic E-state index is 12.2. The monoisotopic (exact) mass is 191 g/mol. The van der Waals surface area contributed by atoms with Crippen molar-refractivity contribution in [3.8, 4) is 0 Å². The summed E-state index contributed by atoms with van der Waals surface area (Å²) in [6, 6.07) is 4.01. The van der Waals surface area contributed by atoms with E-state index in [0.29, 0.717) is 6.92 Å². The molecule has 1 aromatic rings. The molecule has 0 radical (unpaired) electrons. The first-order valence-electron chi connectivity index (χ1n) is 3.56. The molecular formula is C8H8F3NO. The van der Waals surface area contributed by atoms with Crippen LogP contribution in [0.3, 0.4) is 0 Å². The molecule has 1 N–H and O–H groups in total. The van der Waals surface area contributed by atoms with E-state index in [0.717, 1.165) is 6.07 Å². The van der Waals surface area contributed by atoms with Gasteiger partial charge in [0.05, 0.1) is 5.69 Å². The third-order valence-corrected chi connectivity index (χ3v) is 1.72. The largest absolute Gasteiger partial charge is 0.422 e. The molecule has 0 saturated heterocycles. The summed E-state index contributed by atoms with van der Waals surface area (Å²) >= 11 is 0. The fourth-order valence-electron chi connectivity index (χ4n) is 0.796. The Hall–Kier alpha value is -1.10. The Labute approximate surface area is 73.0 Å². The highest BCUT2D eigenvalue weighted by molar-refractivity contribution is 5.13. The third-order valence-electron chi connectivity index (χ3n) is 1.72. The van der Waals surface area contributed by atoms with Crippen molar-refractivity contribution >= 4 is 0 Å². The van der Waals surface area contributed by atoms with E-state index in [-0.39, 0.29) is 0 Å². The van der Waals surface area contributed by atoms with Crippen LogP contribution in [0.15, 0.2) is 24.4 Å². The number of nitrogens with zero attached hydrogens (tertiary/aromatic N) is 1. The van der Waals surface area contributed by atoms with Gasteiger partial charge in [0.25, 0.3) is 0 Å². The summed E-state index contributed by atoms with van der Waals surface area (Å²) in [4.78, 5) is 3.45. The van der Waals surface area contributed by atoms with Crippen LogP contribution in [-0.2, 0) is 5.60 Å². The lowest BCUT2D eigenvalue weighted by atomic mass is 10.0. The maximum Gasteiger partial charge on any atom is 0.422 e. The molecule has 1 heterocycles. The lowest BCUT2D eigenvalue weighted by Crippen LogP contribution is -2.39. The van der Waals surface area contributed by atoms with Crippen molar-refractivity contribution in [2.24, 2.45) is 0 Å². The highest BCUT2D eigenvalue weighted by atomic mass is 19.4. The van der Waals surface area contributed by atoms with Crippen molar-refractivity contribution in [2.75, 3.05) is 0 Å². The number of aromatic nitrogens is 1. The molecule has 0 bridgehead atoms.